The molecule has 0 atom stereocenters. The van der Waals surface area contributed by atoms with E-state index in [4.69, 9.17) is 14.0 Å². The molecule has 0 fully saturated rings. The standard InChI is InChI=1S/C26H32FN3O4/c1-5-29(6-2)26-23(24(28-34-26)19-11-13-21(27)14-12-19)18-30(15-8-16-32-3)25(31)20-9-7-10-22(17-20)33-4/h7,9-14,17H,5-6,8,15-16,18H2,1-4H3. The molecule has 0 aliphatic heterocycles. The third-order valence-corrected chi connectivity index (χ3v) is 5.67. The van der Waals surface area contributed by atoms with Crippen molar-refractivity contribution in [2.45, 2.75) is 26.8 Å². The number of rotatable bonds is 12. The quantitative estimate of drug-likeness (QED) is 0.347. The van der Waals surface area contributed by atoms with Crippen LogP contribution in [0.4, 0.5) is 10.3 Å². The molecule has 0 N–H and O–H groups in total. The number of nitrogens with zero attached hydrogens (tertiary/aromatic N) is 3. The molecule has 0 aliphatic rings. The zero-order valence-electron chi connectivity index (χ0n) is 20.2. The minimum absolute atomic E-state index is 0.133. The van der Waals surface area contributed by atoms with Gasteiger partial charge in [-0.05, 0) is 62.7 Å². The first-order valence-electron chi connectivity index (χ1n) is 11.4. The van der Waals surface area contributed by atoms with E-state index in [1.165, 1.54) is 12.1 Å². The third kappa shape index (κ3) is 5.94. The highest BCUT2D eigenvalue weighted by atomic mass is 19.1. The van der Waals surface area contributed by atoms with E-state index in [9.17, 15) is 9.18 Å². The van der Waals surface area contributed by atoms with Gasteiger partial charge < -0.3 is 23.8 Å². The molecule has 1 aromatic heterocycles. The van der Waals surface area contributed by atoms with Gasteiger partial charge in [0.1, 0.15) is 17.3 Å². The summed E-state index contributed by atoms with van der Waals surface area (Å²) in [4.78, 5) is 17.4. The van der Waals surface area contributed by atoms with Crippen molar-refractivity contribution in [1.29, 1.82) is 0 Å². The highest BCUT2D eigenvalue weighted by Crippen LogP contribution is 2.33. The molecule has 0 spiro atoms. The fourth-order valence-electron chi connectivity index (χ4n) is 3.82. The van der Waals surface area contributed by atoms with Gasteiger partial charge in [0.15, 0.2) is 0 Å². The summed E-state index contributed by atoms with van der Waals surface area (Å²) in [5.74, 6) is 0.766. The smallest absolute Gasteiger partial charge is 0.254 e. The Morgan fingerprint density at radius 3 is 2.47 bits per heavy atom. The minimum Gasteiger partial charge on any atom is -0.497 e. The predicted molar refractivity (Wildman–Crippen MR) is 130 cm³/mol. The van der Waals surface area contributed by atoms with E-state index >= 15 is 0 Å². The van der Waals surface area contributed by atoms with Crippen molar-refractivity contribution in [3.63, 3.8) is 0 Å². The van der Waals surface area contributed by atoms with Gasteiger partial charge in [0, 0.05) is 44.5 Å². The van der Waals surface area contributed by atoms with Gasteiger partial charge in [-0.15, -0.1) is 0 Å². The molecule has 8 heteroatoms. The van der Waals surface area contributed by atoms with E-state index in [1.54, 1.807) is 55.5 Å². The lowest BCUT2D eigenvalue weighted by atomic mass is 10.1. The summed E-state index contributed by atoms with van der Waals surface area (Å²) in [6.07, 6.45) is 0.671. The lowest BCUT2D eigenvalue weighted by Gasteiger charge is -2.25. The molecule has 3 rings (SSSR count). The molecular weight excluding hydrogens is 437 g/mol. The lowest BCUT2D eigenvalue weighted by Crippen LogP contribution is -2.33. The fourth-order valence-corrected chi connectivity index (χ4v) is 3.82. The molecule has 2 aromatic carbocycles. The van der Waals surface area contributed by atoms with Crippen LogP contribution in [0.3, 0.4) is 0 Å². The fraction of sp³-hybridized carbons (Fsp3) is 0.385. The van der Waals surface area contributed by atoms with Gasteiger partial charge in [-0.3, -0.25) is 4.79 Å². The van der Waals surface area contributed by atoms with Gasteiger partial charge in [0.25, 0.3) is 5.91 Å². The lowest BCUT2D eigenvalue weighted by molar-refractivity contribution is 0.0723. The molecule has 34 heavy (non-hydrogen) atoms. The van der Waals surface area contributed by atoms with Crippen LogP contribution in [0.2, 0.25) is 0 Å². The highest BCUT2D eigenvalue weighted by Gasteiger charge is 2.26. The number of methoxy groups -OCH3 is 2. The van der Waals surface area contributed by atoms with Crippen LogP contribution in [0.25, 0.3) is 11.3 Å². The number of carbonyl (C=O) groups excluding carboxylic acids is 1. The van der Waals surface area contributed by atoms with Crippen molar-refractivity contribution in [3.05, 3.63) is 65.5 Å². The summed E-state index contributed by atoms with van der Waals surface area (Å²) >= 11 is 0. The van der Waals surface area contributed by atoms with Crippen molar-refractivity contribution in [2.24, 2.45) is 0 Å². The number of anilines is 1. The van der Waals surface area contributed by atoms with Crippen molar-refractivity contribution >= 4 is 11.8 Å². The molecule has 1 heterocycles. The number of hydrogen-bond donors (Lipinski definition) is 0. The first-order valence-corrected chi connectivity index (χ1v) is 11.4. The Hall–Kier alpha value is -3.39. The topological polar surface area (TPSA) is 68.0 Å². The summed E-state index contributed by atoms with van der Waals surface area (Å²) in [7, 11) is 3.21. The zero-order chi connectivity index (χ0) is 24.5. The van der Waals surface area contributed by atoms with Gasteiger partial charge >= 0.3 is 0 Å². The predicted octanol–water partition coefficient (Wildman–Crippen LogP) is 5.01. The van der Waals surface area contributed by atoms with Crippen LogP contribution in [0, 0.1) is 5.82 Å². The second-order valence-electron chi connectivity index (χ2n) is 7.80. The van der Waals surface area contributed by atoms with Crippen molar-refractivity contribution in [2.75, 3.05) is 45.4 Å². The van der Waals surface area contributed by atoms with Crippen molar-refractivity contribution in [3.8, 4) is 17.0 Å². The summed E-state index contributed by atoms with van der Waals surface area (Å²) in [5, 5.41) is 4.32. The summed E-state index contributed by atoms with van der Waals surface area (Å²) in [5.41, 5.74) is 2.63. The first-order chi connectivity index (χ1) is 16.5. The second-order valence-corrected chi connectivity index (χ2v) is 7.80. The maximum atomic E-state index is 13.6. The molecular formula is C26H32FN3O4. The second kappa shape index (κ2) is 12.2. The summed E-state index contributed by atoms with van der Waals surface area (Å²) < 4.78 is 29.8. The van der Waals surface area contributed by atoms with Crippen LogP contribution in [0.1, 0.15) is 36.2 Å². The van der Waals surface area contributed by atoms with E-state index in [0.29, 0.717) is 42.5 Å². The van der Waals surface area contributed by atoms with Gasteiger partial charge in [-0.25, -0.2) is 4.39 Å². The Kier molecular flexibility index (Phi) is 9.04. The average Bonchev–Trinajstić information content (AvgIpc) is 3.27. The number of halogens is 1. The van der Waals surface area contributed by atoms with Crippen LogP contribution in [0.15, 0.2) is 53.1 Å². The molecule has 3 aromatic rings. The summed E-state index contributed by atoms with van der Waals surface area (Å²) in [6.45, 7) is 6.79. The van der Waals surface area contributed by atoms with E-state index in [1.807, 2.05) is 13.8 Å². The number of hydrogen-bond acceptors (Lipinski definition) is 6. The van der Waals surface area contributed by atoms with Gasteiger partial charge in [-0.2, -0.15) is 0 Å². The van der Waals surface area contributed by atoms with Crippen LogP contribution < -0.4 is 9.64 Å². The van der Waals surface area contributed by atoms with Crippen LogP contribution in [-0.2, 0) is 11.3 Å². The summed E-state index contributed by atoms with van der Waals surface area (Å²) in [6, 6.07) is 13.2. The Balaban J connectivity index is 2.03. The third-order valence-electron chi connectivity index (χ3n) is 5.67. The zero-order valence-corrected chi connectivity index (χ0v) is 20.2. The highest BCUT2D eigenvalue weighted by molar-refractivity contribution is 5.94. The van der Waals surface area contributed by atoms with Crippen molar-refractivity contribution < 1.29 is 23.2 Å². The molecule has 0 saturated carbocycles. The largest absolute Gasteiger partial charge is 0.497 e. The Morgan fingerprint density at radius 1 is 1.09 bits per heavy atom. The monoisotopic (exact) mass is 469 g/mol. The Bertz CT molecular complexity index is 1060. The minimum atomic E-state index is -0.327. The van der Waals surface area contributed by atoms with Crippen molar-refractivity contribution in [1.82, 2.24) is 10.1 Å². The average molecular weight is 470 g/mol. The SMILES string of the molecule is CCN(CC)c1onc(-c2ccc(F)cc2)c1CN(CCCOC)C(=O)c1cccc(OC)c1. The van der Waals surface area contributed by atoms with Crippen LogP contribution >= 0.6 is 0 Å². The number of amides is 1. The first kappa shape index (κ1) is 25.2. The molecule has 0 bridgehead atoms. The van der Waals surface area contributed by atoms with Gasteiger partial charge in [0.05, 0.1) is 19.2 Å². The Morgan fingerprint density at radius 2 is 1.82 bits per heavy atom. The van der Waals surface area contributed by atoms with E-state index in [0.717, 1.165) is 24.2 Å². The molecule has 0 unspecified atom stereocenters. The normalized spacial score (nSPS) is 10.9. The van der Waals surface area contributed by atoms with Crippen LogP contribution in [0.5, 0.6) is 5.75 Å². The molecule has 1 amide bonds. The van der Waals surface area contributed by atoms with E-state index < -0.39 is 0 Å². The maximum Gasteiger partial charge on any atom is 0.254 e. The maximum absolute atomic E-state index is 13.6. The van der Waals surface area contributed by atoms with Gasteiger partial charge in [-0.1, -0.05) is 11.2 Å². The van der Waals surface area contributed by atoms with Gasteiger partial charge in [0.2, 0.25) is 5.88 Å². The van der Waals surface area contributed by atoms with Crippen LogP contribution in [-0.4, -0.2) is 56.4 Å². The number of aromatic nitrogens is 1. The molecule has 7 nitrogen and oxygen atoms in total. The molecule has 0 radical (unpaired) electrons. The number of benzene rings is 2. The molecule has 182 valence electrons. The number of ether oxygens (including phenoxy) is 2. The number of carbonyl (C=O) groups is 1. The van der Waals surface area contributed by atoms with E-state index in [-0.39, 0.29) is 18.3 Å². The molecule has 0 aliphatic carbocycles. The Labute approximate surface area is 200 Å². The van der Waals surface area contributed by atoms with E-state index in [2.05, 4.69) is 10.1 Å². The molecule has 0 saturated heterocycles.